The summed E-state index contributed by atoms with van der Waals surface area (Å²) in [6, 6.07) is 5.60. The lowest BCUT2D eigenvalue weighted by Crippen LogP contribution is -2.51. The molecule has 17 heteroatoms. The number of aromatic amines is 1. The first-order chi connectivity index (χ1) is 18.0. The van der Waals surface area contributed by atoms with Gasteiger partial charge in [0.05, 0.1) is 17.5 Å². The van der Waals surface area contributed by atoms with Gasteiger partial charge in [0.1, 0.15) is 5.82 Å². The molecule has 2 heterocycles. The molecule has 3 rings (SSSR count). The maximum atomic E-state index is 14.2. The fourth-order valence-corrected chi connectivity index (χ4v) is 5.02. The molecule has 0 aliphatic rings. The first kappa shape index (κ1) is 33.3. The minimum absolute atomic E-state index is 0.00213. The number of carbonyl (C=O) groups is 1. The summed E-state index contributed by atoms with van der Waals surface area (Å²) in [5.41, 5.74) is 0.681. The number of alkyl halides is 3. The van der Waals surface area contributed by atoms with Crippen LogP contribution in [0.25, 0.3) is 10.9 Å². The van der Waals surface area contributed by atoms with Crippen LogP contribution in [0.2, 0.25) is 0 Å². The molecule has 0 aliphatic heterocycles. The van der Waals surface area contributed by atoms with E-state index in [1.54, 1.807) is 0 Å². The van der Waals surface area contributed by atoms with Crippen molar-refractivity contribution in [3.05, 3.63) is 59.2 Å². The normalized spacial score (nSPS) is 14.4. The predicted octanol–water partition coefficient (Wildman–Crippen LogP) is 2.87. The number of aliphatic hydroxyl groups is 1. The van der Waals surface area contributed by atoms with Gasteiger partial charge in [-0.3, -0.25) is 4.79 Å². The summed E-state index contributed by atoms with van der Waals surface area (Å²) in [6.07, 6.45) is -5.64. The summed E-state index contributed by atoms with van der Waals surface area (Å²) in [5, 5.41) is 11.0. The second kappa shape index (κ2) is 11.5. The lowest BCUT2D eigenvalue weighted by Gasteiger charge is -2.38. The third kappa shape index (κ3) is 8.32. The largest absolute Gasteiger partial charge is 0.466 e. The van der Waals surface area contributed by atoms with Crippen LogP contribution in [0.4, 0.5) is 17.6 Å². The molecule has 0 aliphatic carbocycles. The van der Waals surface area contributed by atoms with Crippen LogP contribution in [0.3, 0.4) is 0 Å². The van der Waals surface area contributed by atoms with Gasteiger partial charge in [-0.2, -0.15) is 13.2 Å². The van der Waals surface area contributed by atoms with Crippen molar-refractivity contribution in [2.45, 2.75) is 55.8 Å². The number of sulfone groups is 1. The van der Waals surface area contributed by atoms with Crippen molar-refractivity contribution in [1.82, 2.24) is 9.97 Å². The number of aromatic nitrogens is 2. The number of rotatable bonds is 8. The van der Waals surface area contributed by atoms with Gasteiger partial charge < -0.3 is 30.5 Å². The summed E-state index contributed by atoms with van der Waals surface area (Å²) >= 11 is 0. The average molecular weight is 614 g/mol. The molecule has 222 valence electrons. The maximum absolute atomic E-state index is 14.2. The summed E-state index contributed by atoms with van der Waals surface area (Å²) < 4.78 is 89.2. The Kier molecular flexibility index (Phi) is 9.62. The van der Waals surface area contributed by atoms with Crippen LogP contribution in [0.1, 0.15) is 48.8 Å². The molecule has 1 atom stereocenters. The molecule has 0 radical (unpaired) electrons. The molecule has 7 N–H and O–H groups in total. The smallest absolute Gasteiger partial charge is 0.380 e. The molecule has 2 aromatic heterocycles. The van der Waals surface area contributed by atoms with E-state index in [1.165, 1.54) is 45.2 Å². The molecule has 0 fully saturated rings. The maximum Gasteiger partial charge on any atom is 0.466 e. The zero-order valence-electron chi connectivity index (χ0n) is 21.4. The highest BCUT2D eigenvalue weighted by Gasteiger charge is 2.56. The molecule has 0 saturated heterocycles. The number of fused-ring (bicyclic) bond motifs is 1. The number of nitrogens with two attached hydrogens (primary N) is 1. The first-order valence-electron chi connectivity index (χ1n) is 11.4. The van der Waals surface area contributed by atoms with Crippen molar-refractivity contribution in [2.24, 2.45) is 5.73 Å². The van der Waals surface area contributed by atoms with Crippen LogP contribution in [0, 0.1) is 5.82 Å². The van der Waals surface area contributed by atoms with Gasteiger partial charge in [-0.1, -0.05) is 26.8 Å². The Bertz CT molecular complexity index is 1540. The van der Waals surface area contributed by atoms with Crippen LogP contribution in [-0.2, 0) is 26.2 Å². The minimum Gasteiger partial charge on any atom is -0.380 e. The summed E-state index contributed by atoms with van der Waals surface area (Å²) in [7, 11) is -8.27. The zero-order valence-corrected chi connectivity index (χ0v) is 23.1. The van der Waals surface area contributed by atoms with E-state index in [0.717, 1.165) is 12.1 Å². The second-order valence-electron chi connectivity index (χ2n) is 9.64. The standard InChI is InChI=1S/C23H25F4N3O4S.H3O4P/c1-4-35(33,34)19-8-13-7-15(30-18(13)11-29-19)10-22(32,23(25,26)27)12-21(2,3)17-6-5-14(24)9-16(17)20(28)31;1-5(2,3)4/h5-9,11,30,32H,4,10,12H2,1-3H3,(H2,28,31);(H3,1,2,3,4)/t22-;/m0./s1. The fourth-order valence-electron chi connectivity index (χ4n) is 4.20. The van der Waals surface area contributed by atoms with E-state index in [4.69, 9.17) is 25.0 Å². The van der Waals surface area contributed by atoms with Crippen LogP contribution >= 0.6 is 7.82 Å². The number of amides is 1. The van der Waals surface area contributed by atoms with Gasteiger partial charge in [0.25, 0.3) is 0 Å². The number of primary amides is 1. The van der Waals surface area contributed by atoms with Gasteiger partial charge in [0.15, 0.2) is 20.5 Å². The monoisotopic (exact) mass is 613 g/mol. The Morgan fingerprint density at radius 3 is 2.20 bits per heavy atom. The van der Waals surface area contributed by atoms with Gasteiger partial charge in [-0.15, -0.1) is 0 Å². The topological polar surface area (TPSA) is 204 Å². The van der Waals surface area contributed by atoms with E-state index in [-0.39, 0.29) is 27.6 Å². The highest BCUT2D eigenvalue weighted by atomic mass is 32.2. The van der Waals surface area contributed by atoms with E-state index in [2.05, 4.69) is 9.97 Å². The molecule has 11 nitrogen and oxygen atoms in total. The first-order valence-corrected chi connectivity index (χ1v) is 14.6. The number of hydrogen-bond donors (Lipinski definition) is 6. The molecule has 0 spiro atoms. The molecule has 40 heavy (non-hydrogen) atoms. The Morgan fingerprint density at radius 1 is 1.12 bits per heavy atom. The van der Waals surface area contributed by atoms with Crippen molar-refractivity contribution in [3.63, 3.8) is 0 Å². The van der Waals surface area contributed by atoms with Crippen molar-refractivity contribution in [1.29, 1.82) is 0 Å². The Morgan fingerprint density at radius 2 is 1.70 bits per heavy atom. The molecule has 3 aromatic rings. The number of nitrogens with zero attached hydrogens (tertiary/aromatic N) is 1. The van der Waals surface area contributed by atoms with Crippen molar-refractivity contribution >= 4 is 34.5 Å². The number of pyridine rings is 1. The van der Waals surface area contributed by atoms with Crippen molar-refractivity contribution < 1.29 is 55.1 Å². The van der Waals surface area contributed by atoms with Gasteiger partial charge in [-0.25, -0.2) is 22.4 Å². The number of H-pyrrole nitrogens is 1. The SMILES string of the molecule is CCS(=O)(=O)c1cc2cc(C[C@](O)(CC(C)(C)c3ccc(F)cc3C(N)=O)C(F)(F)F)[nH]c2cn1.O=P(O)(O)O. The number of halogens is 4. The third-order valence-electron chi connectivity index (χ3n) is 5.96. The Balaban J connectivity index is 0.00000103. The van der Waals surface area contributed by atoms with Crippen molar-refractivity contribution in [3.8, 4) is 0 Å². The molecule has 0 saturated carbocycles. The molecule has 1 amide bonds. The van der Waals surface area contributed by atoms with E-state index in [0.29, 0.717) is 10.9 Å². The van der Waals surface area contributed by atoms with Crippen LogP contribution in [-0.4, -0.2) is 61.6 Å². The molecule has 0 bridgehead atoms. The quantitative estimate of drug-likeness (QED) is 0.163. The van der Waals surface area contributed by atoms with Crippen LogP contribution < -0.4 is 5.73 Å². The van der Waals surface area contributed by atoms with E-state index in [1.807, 2.05) is 0 Å². The number of hydrogen-bond acceptors (Lipinski definition) is 6. The number of carbonyl (C=O) groups excluding carboxylic acids is 1. The highest BCUT2D eigenvalue weighted by molar-refractivity contribution is 7.91. The summed E-state index contributed by atoms with van der Waals surface area (Å²) in [6.45, 7) is 4.22. The van der Waals surface area contributed by atoms with Crippen molar-refractivity contribution in [2.75, 3.05) is 5.75 Å². The average Bonchev–Trinajstić information content (AvgIpc) is 3.17. The number of benzene rings is 1. The lowest BCUT2D eigenvalue weighted by molar-refractivity contribution is -0.266. The van der Waals surface area contributed by atoms with Gasteiger partial charge in [0, 0.05) is 23.1 Å². The molecule has 1 aromatic carbocycles. The van der Waals surface area contributed by atoms with Gasteiger partial charge >= 0.3 is 14.0 Å². The van der Waals surface area contributed by atoms with Crippen LogP contribution in [0.5, 0.6) is 0 Å². The Labute approximate surface area is 226 Å². The lowest BCUT2D eigenvalue weighted by atomic mass is 9.72. The molecular formula is C23H28F4N3O8PS. The van der Waals surface area contributed by atoms with Gasteiger partial charge in [0.2, 0.25) is 5.91 Å². The molecule has 0 unspecified atom stereocenters. The summed E-state index contributed by atoms with van der Waals surface area (Å²) in [5.74, 6) is -1.98. The fraction of sp³-hybridized carbons (Fsp3) is 0.391. The number of nitrogens with one attached hydrogen (secondary N) is 1. The van der Waals surface area contributed by atoms with Gasteiger partial charge in [-0.05, 0) is 41.7 Å². The molecular weight excluding hydrogens is 585 g/mol. The van der Waals surface area contributed by atoms with E-state index in [9.17, 15) is 35.9 Å². The summed E-state index contributed by atoms with van der Waals surface area (Å²) in [4.78, 5) is 40.0. The zero-order chi connectivity index (χ0) is 30.9. The van der Waals surface area contributed by atoms with E-state index >= 15 is 0 Å². The predicted molar refractivity (Wildman–Crippen MR) is 135 cm³/mol. The van der Waals surface area contributed by atoms with E-state index < -0.39 is 59.4 Å². The third-order valence-corrected chi connectivity index (χ3v) is 7.58. The highest BCUT2D eigenvalue weighted by Crippen LogP contribution is 2.44. The van der Waals surface area contributed by atoms with Crippen LogP contribution in [0.15, 0.2) is 41.6 Å². The second-order valence-corrected chi connectivity index (χ2v) is 12.9. The Hall–Kier alpha value is -2.88. The minimum atomic E-state index is -5.08. The number of phosphoric acid groups is 1.